The molecule has 1 aliphatic heterocycles. The maximum Gasteiger partial charge on any atom is 0.0755 e. The van der Waals surface area contributed by atoms with E-state index < -0.39 is 0 Å². The zero-order valence-corrected chi connectivity index (χ0v) is 6.33. The average Bonchev–Trinajstić information content (AvgIpc) is 2.15. The Bertz CT molecular complexity index is 280. The number of rotatable bonds is 1. The van der Waals surface area contributed by atoms with Gasteiger partial charge in [-0.2, -0.15) is 0 Å². The first-order chi connectivity index (χ1) is 5.24. The first kappa shape index (κ1) is 7.79. The summed E-state index contributed by atoms with van der Waals surface area (Å²) in [5, 5.41) is 8.75. The van der Waals surface area contributed by atoms with Crippen LogP contribution in [0.4, 0.5) is 0 Å². The third kappa shape index (κ3) is 1.80. The van der Waals surface area contributed by atoms with Crippen LogP contribution in [0.5, 0.6) is 0 Å². The Hall–Kier alpha value is -1.31. The van der Waals surface area contributed by atoms with Crippen molar-refractivity contribution in [1.29, 1.82) is 0 Å². The highest BCUT2D eigenvalue weighted by molar-refractivity contribution is 5.98. The lowest BCUT2D eigenvalue weighted by atomic mass is 10.2. The zero-order chi connectivity index (χ0) is 8.27. The van der Waals surface area contributed by atoms with Gasteiger partial charge in [0.05, 0.1) is 24.2 Å². The van der Waals surface area contributed by atoms with E-state index >= 15 is 0 Å². The molecule has 1 heterocycles. The van der Waals surface area contributed by atoms with Crippen molar-refractivity contribution in [2.45, 2.75) is 6.92 Å². The summed E-state index contributed by atoms with van der Waals surface area (Å²) in [6.45, 7) is 1.75. The number of nitrogens with zero attached hydrogens (tertiary/aromatic N) is 1. The highest BCUT2D eigenvalue weighted by atomic mass is 16.3. The smallest absolute Gasteiger partial charge is 0.0755 e. The van der Waals surface area contributed by atoms with Gasteiger partial charge in [-0.1, -0.05) is 5.73 Å². The van der Waals surface area contributed by atoms with Gasteiger partial charge in [-0.15, -0.1) is 0 Å². The minimum atomic E-state index is -0.0556. The van der Waals surface area contributed by atoms with Crippen LogP contribution in [0, 0.1) is 0 Å². The summed E-state index contributed by atoms with van der Waals surface area (Å²) in [6, 6.07) is 0. The lowest BCUT2D eigenvalue weighted by molar-refractivity contribution is 0.335. The molecule has 3 nitrogen and oxygen atoms in total. The molecule has 11 heavy (non-hydrogen) atoms. The second-order valence-electron chi connectivity index (χ2n) is 2.27. The number of hydrogen-bond acceptors (Lipinski definition) is 3. The first-order valence-corrected chi connectivity index (χ1v) is 3.31. The Balaban J connectivity index is 3.01. The van der Waals surface area contributed by atoms with Crippen LogP contribution in [-0.4, -0.2) is 17.4 Å². The maximum absolute atomic E-state index is 8.75. The number of aliphatic imine (C=N–C) groups is 1. The van der Waals surface area contributed by atoms with E-state index in [9.17, 15) is 0 Å². The van der Waals surface area contributed by atoms with E-state index in [1.165, 1.54) is 6.20 Å². The molecule has 58 valence electrons. The molecule has 0 bridgehead atoms. The summed E-state index contributed by atoms with van der Waals surface area (Å²) in [6.07, 6.45) is 3.18. The molecule has 0 aliphatic carbocycles. The zero-order valence-electron chi connectivity index (χ0n) is 6.33. The summed E-state index contributed by atoms with van der Waals surface area (Å²) >= 11 is 0. The number of hydrogen-bond donors (Lipinski definition) is 2. The van der Waals surface area contributed by atoms with Crippen molar-refractivity contribution < 1.29 is 5.11 Å². The van der Waals surface area contributed by atoms with Crippen molar-refractivity contribution in [2.75, 3.05) is 6.61 Å². The molecule has 0 saturated heterocycles. The number of allylic oxidation sites excluding steroid dienone is 1. The van der Waals surface area contributed by atoms with Crippen molar-refractivity contribution in [2.24, 2.45) is 10.7 Å². The summed E-state index contributed by atoms with van der Waals surface area (Å²) < 4.78 is 0. The molecule has 3 N–H and O–H groups in total. The van der Waals surface area contributed by atoms with Crippen LogP contribution in [-0.2, 0) is 0 Å². The molecule has 0 spiro atoms. The largest absolute Gasteiger partial charge is 0.397 e. The lowest BCUT2D eigenvalue weighted by Crippen LogP contribution is -2.07. The quantitative estimate of drug-likeness (QED) is 0.529. The molecular formula is C8H10N2O. The molecule has 1 aliphatic rings. The molecule has 0 unspecified atom stereocenters. The van der Waals surface area contributed by atoms with Crippen LogP contribution >= 0.6 is 0 Å². The third-order valence-electron chi connectivity index (χ3n) is 1.43. The van der Waals surface area contributed by atoms with Crippen molar-refractivity contribution >= 4 is 5.71 Å². The average molecular weight is 150 g/mol. The van der Waals surface area contributed by atoms with Crippen molar-refractivity contribution in [3.63, 3.8) is 0 Å². The summed E-state index contributed by atoms with van der Waals surface area (Å²) in [4.78, 5) is 3.96. The van der Waals surface area contributed by atoms with Crippen LogP contribution < -0.4 is 5.73 Å². The number of aliphatic hydroxyl groups is 1. The fraction of sp³-hybridized carbons (Fsp3) is 0.250. The Morgan fingerprint density at radius 1 is 1.73 bits per heavy atom. The van der Waals surface area contributed by atoms with Gasteiger partial charge in [0.25, 0.3) is 0 Å². The fourth-order valence-electron chi connectivity index (χ4n) is 0.712. The molecule has 0 fully saturated rings. The Labute approximate surface area is 65.2 Å². The second kappa shape index (κ2) is 3.19. The van der Waals surface area contributed by atoms with E-state index in [2.05, 4.69) is 10.7 Å². The molecule has 0 aromatic carbocycles. The summed E-state index contributed by atoms with van der Waals surface area (Å²) in [5.74, 6) is 0. The molecule has 0 amide bonds. The number of aliphatic hydroxyl groups excluding tert-OH is 1. The molecule has 0 saturated carbocycles. The normalized spacial score (nSPS) is 16.7. The van der Waals surface area contributed by atoms with Crippen LogP contribution in [0.1, 0.15) is 6.92 Å². The van der Waals surface area contributed by atoms with Gasteiger partial charge in [0, 0.05) is 5.57 Å². The Kier molecular flexibility index (Phi) is 2.26. The third-order valence-corrected chi connectivity index (χ3v) is 1.43. The Morgan fingerprint density at radius 2 is 2.45 bits per heavy atom. The van der Waals surface area contributed by atoms with E-state index in [-0.39, 0.29) is 6.61 Å². The van der Waals surface area contributed by atoms with Gasteiger partial charge in [-0.05, 0) is 13.0 Å². The molecular weight excluding hydrogens is 140 g/mol. The predicted octanol–water partition coefficient (Wildman–Crippen LogP) is 0.335. The van der Waals surface area contributed by atoms with Gasteiger partial charge in [0.1, 0.15) is 0 Å². The fourth-order valence-corrected chi connectivity index (χ4v) is 0.712. The minimum Gasteiger partial charge on any atom is -0.397 e. The van der Waals surface area contributed by atoms with Crippen LogP contribution in [0.25, 0.3) is 0 Å². The van der Waals surface area contributed by atoms with Crippen molar-refractivity contribution in [3.05, 3.63) is 29.3 Å². The van der Waals surface area contributed by atoms with Gasteiger partial charge in [0.2, 0.25) is 0 Å². The van der Waals surface area contributed by atoms with Crippen LogP contribution in [0.2, 0.25) is 0 Å². The highest BCUT2D eigenvalue weighted by Gasteiger charge is 1.98. The van der Waals surface area contributed by atoms with Gasteiger partial charge in [-0.3, -0.25) is 4.99 Å². The van der Waals surface area contributed by atoms with Gasteiger partial charge in [0.15, 0.2) is 0 Å². The van der Waals surface area contributed by atoms with E-state index in [1.807, 2.05) is 6.92 Å². The van der Waals surface area contributed by atoms with E-state index in [1.54, 1.807) is 6.08 Å². The van der Waals surface area contributed by atoms with Crippen molar-refractivity contribution in [3.8, 4) is 0 Å². The molecule has 0 aromatic heterocycles. The summed E-state index contributed by atoms with van der Waals surface area (Å²) in [7, 11) is 0. The van der Waals surface area contributed by atoms with Crippen molar-refractivity contribution in [1.82, 2.24) is 0 Å². The molecule has 0 aromatic rings. The van der Waals surface area contributed by atoms with Gasteiger partial charge < -0.3 is 10.8 Å². The Morgan fingerprint density at radius 3 is 3.09 bits per heavy atom. The van der Waals surface area contributed by atoms with E-state index in [0.717, 1.165) is 5.71 Å². The minimum absolute atomic E-state index is 0.0556. The van der Waals surface area contributed by atoms with E-state index in [0.29, 0.717) is 11.3 Å². The van der Waals surface area contributed by atoms with Crippen LogP contribution in [0.15, 0.2) is 34.3 Å². The summed E-state index contributed by atoms with van der Waals surface area (Å²) in [5.41, 5.74) is 10.4. The first-order valence-electron chi connectivity index (χ1n) is 3.31. The van der Waals surface area contributed by atoms with Gasteiger partial charge in [-0.25, -0.2) is 0 Å². The topological polar surface area (TPSA) is 58.6 Å². The lowest BCUT2D eigenvalue weighted by Gasteiger charge is -1.96. The SMILES string of the molecule is CC1=NC=C=C(CO)C=C1N. The monoisotopic (exact) mass is 150 g/mol. The maximum atomic E-state index is 8.75. The standard InChI is InChI=1S/C8H10N2O/c1-6-8(9)4-7(5-11)2-3-10-6/h3-4,11H,5,9H2,1H3. The van der Waals surface area contributed by atoms with E-state index in [4.69, 9.17) is 10.8 Å². The van der Waals surface area contributed by atoms with Gasteiger partial charge >= 0.3 is 0 Å². The molecule has 3 heteroatoms. The second-order valence-corrected chi connectivity index (χ2v) is 2.27. The van der Waals surface area contributed by atoms with Crippen LogP contribution in [0.3, 0.4) is 0 Å². The number of nitrogens with two attached hydrogens (primary N) is 1. The predicted molar refractivity (Wildman–Crippen MR) is 44.1 cm³/mol. The molecule has 0 atom stereocenters. The molecule has 1 rings (SSSR count). The highest BCUT2D eigenvalue weighted by Crippen LogP contribution is 2.02. The molecule has 0 radical (unpaired) electrons.